The van der Waals surface area contributed by atoms with Gasteiger partial charge in [0.25, 0.3) is 0 Å². The Morgan fingerprint density at radius 1 is 0.947 bits per heavy atom. The molecular formula is C31H30N2O5. The van der Waals surface area contributed by atoms with Gasteiger partial charge in [-0.3, -0.25) is 9.59 Å². The SMILES string of the molecule is CC(C)(C)OC(=O)NC1(c2ccc(-c3c(-c4ccccc4)oc4cc(C(N)=O)ccc4c3=O)cc2)CCC1. The lowest BCUT2D eigenvalue weighted by Crippen LogP contribution is -2.52. The molecule has 1 fully saturated rings. The van der Waals surface area contributed by atoms with Crippen LogP contribution in [0.4, 0.5) is 4.79 Å². The molecule has 0 radical (unpaired) electrons. The van der Waals surface area contributed by atoms with Gasteiger partial charge >= 0.3 is 6.09 Å². The zero-order chi connectivity index (χ0) is 27.1. The largest absolute Gasteiger partial charge is 0.455 e. The average Bonchev–Trinajstić information content (AvgIpc) is 2.85. The molecule has 1 aliphatic rings. The molecule has 1 heterocycles. The molecule has 3 aromatic carbocycles. The number of nitrogens with one attached hydrogen (secondary N) is 1. The lowest BCUT2D eigenvalue weighted by molar-refractivity contribution is 0.0377. The fourth-order valence-corrected chi connectivity index (χ4v) is 4.87. The molecule has 2 amide bonds. The number of nitrogens with two attached hydrogens (primary N) is 1. The minimum atomic E-state index is -0.597. The van der Waals surface area contributed by atoms with Gasteiger partial charge in [0.2, 0.25) is 11.3 Å². The second-order valence-corrected chi connectivity index (χ2v) is 10.7. The second-order valence-electron chi connectivity index (χ2n) is 10.7. The predicted molar refractivity (Wildman–Crippen MR) is 147 cm³/mol. The normalized spacial score (nSPS) is 14.5. The third kappa shape index (κ3) is 4.79. The van der Waals surface area contributed by atoms with Crippen molar-refractivity contribution >= 4 is 23.0 Å². The number of carbonyl (C=O) groups excluding carboxylic acids is 2. The van der Waals surface area contributed by atoms with Crippen LogP contribution in [0.15, 0.2) is 82.0 Å². The fraction of sp³-hybridized carbons (Fsp3) is 0.258. The summed E-state index contributed by atoms with van der Waals surface area (Å²) in [6.45, 7) is 5.51. The van der Waals surface area contributed by atoms with Gasteiger partial charge in [0.15, 0.2) is 0 Å². The molecule has 0 bridgehead atoms. The first-order valence-electron chi connectivity index (χ1n) is 12.6. The number of primary amides is 1. The fourth-order valence-electron chi connectivity index (χ4n) is 4.87. The van der Waals surface area contributed by atoms with E-state index in [4.69, 9.17) is 14.9 Å². The first-order valence-corrected chi connectivity index (χ1v) is 12.6. The molecule has 0 saturated heterocycles. The summed E-state index contributed by atoms with van der Waals surface area (Å²) in [5, 5.41) is 3.43. The summed E-state index contributed by atoms with van der Waals surface area (Å²) in [4.78, 5) is 38.1. The maximum Gasteiger partial charge on any atom is 0.408 e. The van der Waals surface area contributed by atoms with E-state index in [1.165, 1.54) is 12.1 Å². The summed E-state index contributed by atoms with van der Waals surface area (Å²) in [7, 11) is 0. The van der Waals surface area contributed by atoms with Crippen molar-refractivity contribution < 1.29 is 18.7 Å². The Bertz CT molecular complexity index is 1580. The Balaban J connectivity index is 1.59. The van der Waals surface area contributed by atoms with E-state index >= 15 is 0 Å². The van der Waals surface area contributed by atoms with E-state index in [0.29, 0.717) is 27.9 Å². The molecule has 38 heavy (non-hydrogen) atoms. The van der Waals surface area contributed by atoms with Crippen molar-refractivity contribution in [2.24, 2.45) is 5.73 Å². The quantitative estimate of drug-likeness (QED) is 0.335. The molecule has 7 nitrogen and oxygen atoms in total. The molecule has 1 aromatic heterocycles. The van der Waals surface area contributed by atoms with Gasteiger partial charge in [0, 0.05) is 11.1 Å². The molecule has 1 saturated carbocycles. The lowest BCUT2D eigenvalue weighted by atomic mass is 9.71. The lowest BCUT2D eigenvalue weighted by Gasteiger charge is -2.43. The summed E-state index contributed by atoms with van der Waals surface area (Å²) >= 11 is 0. The molecule has 194 valence electrons. The van der Waals surface area contributed by atoms with Crippen molar-refractivity contribution in [1.29, 1.82) is 0 Å². The van der Waals surface area contributed by atoms with Crippen molar-refractivity contribution in [3.05, 3.63) is 94.1 Å². The molecule has 5 rings (SSSR count). The minimum Gasteiger partial charge on any atom is -0.455 e. The van der Waals surface area contributed by atoms with Crippen LogP contribution in [-0.4, -0.2) is 17.6 Å². The monoisotopic (exact) mass is 510 g/mol. The molecule has 0 unspecified atom stereocenters. The molecule has 3 N–H and O–H groups in total. The number of rotatable bonds is 5. The third-order valence-electron chi connectivity index (χ3n) is 6.89. The number of benzene rings is 3. The van der Waals surface area contributed by atoms with E-state index in [0.717, 1.165) is 30.4 Å². The second kappa shape index (κ2) is 9.49. The van der Waals surface area contributed by atoms with E-state index in [2.05, 4.69) is 5.32 Å². The van der Waals surface area contributed by atoms with Gasteiger partial charge in [-0.15, -0.1) is 0 Å². The van der Waals surface area contributed by atoms with E-state index in [1.54, 1.807) is 6.07 Å². The van der Waals surface area contributed by atoms with Crippen molar-refractivity contribution in [3.8, 4) is 22.5 Å². The standard InChI is InChI=1S/C31H30N2O5/c1-30(2,3)38-29(36)33-31(16-7-17-31)22-13-10-19(11-14-22)25-26(34)23-15-12-21(28(32)35)18-24(23)37-27(25)20-8-5-4-6-9-20/h4-6,8-15,18H,7,16-17H2,1-3H3,(H2,32,35)(H,33,36). The summed E-state index contributed by atoms with van der Waals surface area (Å²) in [6, 6.07) is 21.6. The van der Waals surface area contributed by atoms with Crippen molar-refractivity contribution in [2.45, 2.75) is 51.2 Å². The Kier molecular flexibility index (Phi) is 6.31. The Morgan fingerprint density at radius 2 is 1.63 bits per heavy atom. The number of alkyl carbamates (subject to hydrolysis) is 1. The summed E-state index contributed by atoms with van der Waals surface area (Å²) in [6.07, 6.45) is 2.16. The van der Waals surface area contributed by atoms with Gasteiger partial charge in [-0.25, -0.2) is 4.79 Å². The Labute approximate surface area is 220 Å². The van der Waals surface area contributed by atoms with Gasteiger partial charge in [-0.05, 0) is 69.4 Å². The van der Waals surface area contributed by atoms with Crippen molar-refractivity contribution in [2.75, 3.05) is 0 Å². The highest BCUT2D eigenvalue weighted by Gasteiger charge is 2.41. The van der Waals surface area contributed by atoms with Gasteiger partial charge < -0.3 is 20.2 Å². The van der Waals surface area contributed by atoms with Gasteiger partial charge in [0.1, 0.15) is 16.9 Å². The van der Waals surface area contributed by atoms with E-state index in [-0.39, 0.29) is 11.0 Å². The molecule has 0 atom stereocenters. The van der Waals surface area contributed by atoms with Crippen LogP contribution in [0.1, 0.15) is 56.0 Å². The predicted octanol–water partition coefficient (Wildman–Crippen LogP) is 6.13. The van der Waals surface area contributed by atoms with Crippen LogP contribution < -0.4 is 16.5 Å². The summed E-state index contributed by atoms with van der Waals surface area (Å²) < 4.78 is 11.7. The summed E-state index contributed by atoms with van der Waals surface area (Å²) in [5.41, 5.74) is 7.50. The van der Waals surface area contributed by atoms with Crippen LogP contribution in [0.25, 0.3) is 33.4 Å². The van der Waals surface area contributed by atoms with Crippen LogP contribution in [-0.2, 0) is 10.3 Å². The number of hydrogen-bond donors (Lipinski definition) is 2. The van der Waals surface area contributed by atoms with Crippen LogP contribution in [0.5, 0.6) is 0 Å². The number of ether oxygens (including phenoxy) is 1. The molecule has 0 aliphatic heterocycles. The number of fused-ring (bicyclic) bond motifs is 1. The number of carbonyl (C=O) groups is 2. The molecule has 0 spiro atoms. The van der Waals surface area contributed by atoms with Gasteiger partial charge in [-0.2, -0.15) is 0 Å². The third-order valence-corrected chi connectivity index (χ3v) is 6.89. The van der Waals surface area contributed by atoms with Crippen molar-refractivity contribution in [1.82, 2.24) is 5.32 Å². The van der Waals surface area contributed by atoms with E-state index in [1.807, 2.05) is 75.4 Å². The highest BCUT2D eigenvalue weighted by molar-refractivity contribution is 5.97. The molecular weight excluding hydrogens is 480 g/mol. The molecule has 4 aromatic rings. The zero-order valence-corrected chi connectivity index (χ0v) is 21.7. The molecule has 1 aliphatic carbocycles. The zero-order valence-electron chi connectivity index (χ0n) is 21.7. The first-order chi connectivity index (χ1) is 18.1. The summed E-state index contributed by atoms with van der Waals surface area (Å²) in [5.74, 6) is -0.192. The average molecular weight is 511 g/mol. The van der Waals surface area contributed by atoms with Crippen molar-refractivity contribution in [3.63, 3.8) is 0 Å². The van der Waals surface area contributed by atoms with Gasteiger partial charge in [-0.1, -0.05) is 54.6 Å². The Hall–Kier alpha value is -4.39. The van der Waals surface area contributed by atoms with Crippen LogP contribution >= 0.6 is 0 Å². The maximum atomic E-state index is 13.8. The van der Waals surface area contributed by atoms with E-state index < -0.39 is 23.1 Å². The van der Waals surface area contributed by atoms with Crippen LogP contribution in [0, 0.1) is 0 Å². The topological polar surface area (TPSA) is 112 Å². The van der Waals surface area contributed by atoms with Crippen LogP contribution in [0.2, 0.25) is 0 Å². The first kappa shape index (κ1) is 25.3. The smallest absolute Gasteiger partial charge is 0.408 e. The highest BCUT2D eigenvalue weighted by Crippen LogP contribution is 2.42. The minimum absolute atomic E-state index is 0.209. The van der Waals surface area contributed by atoms with Crippen LogP contribution in [0.3, 0.4) is 0 Å². The maximum absolute atomic E-state index is 13.8. The number of hydrogen-bond acceptors (Lipinski definition) is 5. The number of amides is 2. The highest BCUT2D eigenvalue weighted by atomic mass is 16.6. The molecule has 7 heteroatoms. The van der Waals surface area contributed by atoms with Gasteiger partial charge in [0.05, 0.1) is 16.5 Å². The Morgan fingerprint density at radius 3 is 2.21 bits per heavy atom. The van der Waals surface area contributed by atoms with E-state index in [9.17, 15) is 14.4 Å².